The molecule has 172 valence electrons. The predicted octanol–water partition coefficient (Wildman–Crippen LogP) is 3.62. The summed E-state index contributed by atoms with van der Waals surface area (Å²) in [6.45, 7) is 3.85. The first-order chi connectivity index (χ1) is 15.7. The minimum absolute atomic E-state index is 0.0174. The lowest BCUT2D eigenvalue weighted by Crippen LogP contribution is -2.48. The van der Waals surface area contributed by atoms with Crippen LogP contribution in [0.3, 0.4) is 0 Å². The maximum atomic E-state index is 13.2. The molecule has 1 aromatic carbocycles. The lowest BCUT2D eigenvalue weighted by atomic mass is 10.2. The Balaban J connectivity index is 1.57. The number of ether oxygens (including phenoxy) is 2. The maximum Gasteiger partial charge on any atom is 0.338 e. The van der Waals surface area contributed by atoms with E-state index in [1.807, 2.05) is 12.1 Å². The highest BCUT2D eigenvalue weighted by molar-refractivity contribution is 7.89. The van der Waals surface area contributed by atoms with E-state index in [0.29, 0.717) is 16.6 Å². The molecule has 10 heteroatoms. The van der Waals surface area contributed by atoms with E-state index in [1.165, 1.54) is 22.5 Å². The van der Waals surface area contributed by atoms with E-state index in [0.717, 1.165) is 0 Å². The molecule has 1 aliphatic heterocycles. The normalized spacial score (nSPS) is 19.3. The molecule has 3 aromatic rings. The summed E-state index contributed by atoms with van der Waals surface area (Å²) in [6.07, 6.45) is 3.00. The van der Waals surface area contributed by atoms with Crippen molar-refractivity contribution in [3.05, 3.63) is 70.5 Å². The van der Waals surface area contributed by atoms with Gasteiger partial charge in [0.2, 0.25) is 10.0 Å². The Morgan fingerprint density at radius 2 is 1.97 bits per heavy atom. The van der Waals surface area contributed by atoms with E-state index in [1.54, 1.807) is 36.7 Å². The van der Waals surface area contributed by atoms with Gasteiger partial charge < -0.3 is 13.9 Å². The fraction of sp³-hybridized carbons (Fsp3) is 0.304. The van der Waals surface area contributed by atoms with Crippen LogP contribution in [0.1, 0.15) is 35.3 Å². The van der Waals surface area contributed by atoms with Gasteiger partial charge in [0.25, 0.3) is 0 Å². The van der Waals surface area contributed by atoms with Gasteiger partial charge in [0.15, 0.2) is 0 Å². The second-order valence-electron chi connectivity index (χ2n) is 7.93. The molecule has 3 heterocycles. The first kappa shape index (κ1) is 23.3. The van der Waals surface area contributed by atoms with Crippen molar-refractivity contribution in [1.82, 2.24) is 8.71 Å². The number of sulfonamides is 1. The maximum absolute atomic E-state index is 13.2. The van der Waals surface area contributed by atoms with Crippen LogP contribution >= 0.6 is 11.6 Å². The SMILES string of the molecule is CC1CN(S(=O)(=O)c2cc(C(=O)OCc3cn4ccccc4c3C#N)ccc2Cl)CC(C)O1. The average molecular weight is 488 g/mol. The zero-order valence-corrected chi connectivity index (χ0v) is 19.6. The minimum atomic E-state index is -3.94. The Labute approximate surface area is 196 Å². The standard InChI is InChI=1S/C23H22ClN3O5S/c1-15-11-27(12-16(2)32-15)33(29,30)22-9-17(6-7-20(22)24)23(28)31-14-18-13-26-8-4-3-5-21(26)19(18)10-25/h3-9,13,15-16H,11-12,14H2,1-2H3. The van der Waals surface area contributed by atoms with Gasteiger partial charge in [-0.1, -0.05) is 17.7 Å². The highest BCUT2D eigenvalue weighted by Gasteiger charge is 2.34. The van der Waals surface area contributed by atoms with Crippen LogP contribution in [-0.4, -0.2) is 48.4 Å². The van der Waals surface area contributed by atoms with Gasteiger partial charge in [-0.3, -0.25) is 0 Å². The van der Waals surface area contributed by atoms with Gasteiger partial charge in [-0.2, -0.15) is 9.57 Å². The van der Waals surface area contributed by atoms with Gasteiger partial charge in [0.05, 0.1) is 33.9 Å². The number of carbonyl (C=O) groups is 1. The number of benzene rings is 1. The van der Waals surface area contributed by atoms with Crippen molar-refractivity contribution in [2.75, 3.05) is 13.1 Å². The quantitative estimate of drug-likeness (QED) is 0.509. The van der Waals surface area contributed by atoms with Crippen LogP contribution in [0, 0.1) is 11.3 Å². The van der Waals surface area contributed by atoms with E-state index < -0.39 is 16.0 Å². The fourth-order valence-electron chi connectivity index (χ4n) is 3.94. The number of hydrogen-bond donors (Lipinski definition) is 0. The number of hydrogen-bond acceptors (Lipinski definition) is 6. The Bertz CT molecular complexity index is 1350. The molecule has 0 radical (unpaired) electrons. The third-order valence-electron chi connectivity index (χ3n) is 5.40. The van der Waals surface area contributed by atoms with Gasteiger partial charge >= 0.3 is 5.97 Å². The average Bonchev–Trinajstić information content (AvgIpc) is 3.14. The Morgan fingerprint density at radius 1 is 1.24 bits per heavy atom. The monoisotopic (exact) mass is 487 g/mol. The Kier molecular flexibility index (Phi) is 6.45. The molecular weight excluding hydrogens is 466 g/mol. The molecule has 1 aliphatic rings. The van der Waals surface area contributed by atoms with Crippen molar-refractivity contribution >= 4 is 33.1 Å². The van der Waals surface area contributed by atoms with Crippen LogP contribution < -0.4 is 0 Å². The van der Waals surface area contributed by atoms with Crippen molar-refractivity contribution in [2.24, 2.45) is 0 Å². The number of nitriles is 1. The van der Waals surface area contributed by atoms with Gasteiger partial charge in [0, 0.05) is 31.0 Å². The van der Waals surface area contributed by atoms with Crippen LogP contribution in [0.25, 0.3) is 5.52 Å². The molecular formula is C23H22ClN3O5S. The van der Waals surface area contributed by atoms with Crippen LogP contribution in [0.5, 0.6) is 0 Å². The molecule has 8 nitrogen and oxygen atoms in total. The highest BCUT2D eigenvalue weighted by atomic mass is 35.5. The first-order valence-corrected chi connectivity index (χ1v) is 12.1. The summed E-state index contributed by atoms with van der Waals surface area (Å²) in [4.78, 5) is 12.6. The molecule has 2 unspecified atom stereocenters. The number of carbonyl (C=O) groups excluding carboxylic acids is 1. The van der Waals surface area contributed by atoms with Crippen molar-refractivity contribution in [1.29, 1.82) is 5.26 Å². The van der Waals surface area contributed by atoms with E-state index in [9.17, 15) is 18.5 Å². The van der Waals surface area contributed by atoms with Crippen LogP contribution in [-0.2, 0) is 26.1 Å². The Morgan fingerprint density at radius 3 is 2.67 bits per heavy atom. The number of morpholine rings is 1. The van der Waals surface area contributed by atoms with Crippen molar-refractivity contribution < 1.29 is 22.7 Å². The summed E-state index contributed by atoms with van der Waals surface area (Å²) >= 11 is 6.21. The summed E-state index contributed by atoms with van der Waals surface area (Å²) in [5.74, 6) is -0.717. The number of nitrogens with zero attached hydrogens (tertiary/aromatic N) is 3. The van der Waals surface area contributed by atoms with Crippen molar-refractivity contribution in [2.45, 2.75) is 37.6 Å². The molecule has 0 amide bonds. The molecule has 0 spiro atoms. The minimum Gasteiger partial charge on any atom is -0.457 e. The zero-order chi connectivity index (χ0) is 23.8. The lowest BCUT2D eigenvalue weighted by Gasteiger charge is -2.34. The molecule has 2 aromatic heterocycles. The lowest BCUT2D eigenvalue weighted by molar-refractivity contribution is -0.0440. The number of esters is 1. The van der Waals surface area contributed by atoms with Crippen molar-refractivity contribution in [3.8, 4) is 6.07 Å². The number of rotatable bonds is 5. The van der Waals surface area contributed by atoms with E-state index in [-0.39, 0.29) is 47.4 Å². The first-order valence-electron chi connectivity index (χ1n) is 10.3. The van der Waals surface area contributed by atoms with Gasteiger partial charge in [-0.05, 0) is 44.2 Å². The summed E-state index contributed by atoms with van der Waals surface area (Å²) < 4.78 is 40.6. The highest BCUT2D eigenvalue weighted by Crippen LogP contribution is 2.28. The Hall–Kier alpha value is -2.90. The van der Waals surface area contributed by atoms with Gasteiger partial charge in [0.1, 0.15) is 17.6 Å². The number of pyridine rings is 1. The number of halogens is 1. The summed E-state index contributed by atoms with van der Waals surface area (Å²) in [6, 6.07) is 11.6. The van der Waals surface area contributed by atoms with Gasteiger partial charge in [-0.25, -0.2) is 13.2 Å². The topological polar surface area (TPSA) is 101 Å². The molecule has 2 atom stereocenters. The summed E-state index contributed by atoms with van der Waals surface area (Å²) in [7, 11) is -3.94. The molecule has 33 heavy (non-hydrogen) atoms. The second-order valence-corrected chi connectivity index (χ2v) is 10.2. The second kappa shape index (κ2) is 9.15. The van der Waals surface area contributed by atoms with Gasteiger partial charge in [-0.15, -0.1) is 0 Å². The fourth-order valence-corrected chi connectivity index (χ4v) is 6.03. The summed E-state index contributed by atoms with van der Waals surface area (Å²) in [5, 5.41) is 9.52. The third-order valence-corrected chi connectivity index (χ3v) is 7.72. The molecule has 0 bridgehead atoms. The molecule has 0 saturated carbocycles. The zero-order valence-electron chi connectivity index (χ0n) is 18.1. The van der Waals surface area contributed by atoms with Crippen molar-refractivity contribution in [3.63, 3.8) is 0 Å². The summed E-state index contributed by atoms with van der Waals surface area (Å²) in [5.41, 5.74) is 1.72. The molecule has 4 rings (SSSR count). The van der Waals surface area contributed by atoms with Crippen LogP contribution in [0.2, 0.25) is 5.02 Å². The predicted molar refractivity (Wildman–Crippen MR) is 121 cm³/mol. The van der Waals surface area contributed by atoms with E-state index >= 15 is 0 Å². The molecule has 0 aliphatic carbocycles. The van der Waals surface area contributed by atoms with E-state index in [2.05, 4.69) is 6.07 Å². The van der Waals surface area contributed by atoms with Crippen LogP contribution in [0.4, 0.5) is 0 Å². The number of aromatic nitrogens is 1. The molecule has 1 saturated heterocycles. The molecule has 1 fully saturated rings. The van der Waals surface area contributed by atoms with Crippen LogP contribution in [0.15, 0.2) is 53.7 Å². The molecule has 0 N–H and O–H groups in total. The smallest absolute Gasteiger partial charge is 0.338 e. The number of fused-ring (bicyclic) bond motifs is 1. The largest absolute Gasteiger partial charge is 0.457 e. The van der Waals surface area contributed by atoms with E-state index in [4.69, 9.17) is 21.1 Å². The third kappa shape index (κ3) is 4.61.